The number of aliphatic hydroxyl groups excluding tert-OH is 1. The quantitative estimate of drug-likeness (QED) is 0.735. The standard InChI is InChI=1S/C13H27NO/c1-11-5-4-6-12(7-11)8-14-9-13(2,3)10-15/h11-12,14-15H,4-10H2,1-3H3. The van der Waals surface area contributed by atoms with Crippen molar-refractivity contribution in [2.24, 2.45) is 17.3 Å². The molecule has 2 N–H and O–H groups in total. The maximum atomic E-state index is 9.13. The summed E-state index contributed by atoms with van der Waals surface area (Å²) in [5.41, 5.74) is 0.0281. The molecular formula is C13H27NO. The van der Waals surface area contributed by atoms with Crippen molar-refractivity contribution in [1.82, 2.24) is 5.32 Å². The molecule has 0 aromatic heterocycles. The van der Waals surface area contributed by atoms with E-state index in [0.717, 1.165) is 24.9 Å². The van der Waals surface area contributed by atoms with Crippen molar-refractivity contribution in [3.05, 3.63) is 0 Å². The normalized spacial score (nSPS) is 28.0. The summed E-state index contributed by atoms with van der Waals surface area (Å²) in [5, 5.41) is 12.6. The van der Waals surface area contributed by atoms with Gasteiger partial charge in [0.15, 0.2) is 0 Å². The van der Waals surface area contributed by atoms with Crippen molar-refractivity contribution in [2.75, 3.05) is 19.7 Å². The van der Waals surface area contributed by atoms with Crippen LogP contribution in [0.15, 0.2) is 0 Å². The largest absolute Gasteiger partial charge is 0.396 e. The Labute approximate surface area is 94.5 Å². The van der Waals surface area contributed by atoms with Crippen LogP contribution in [0.2, 0.25) is 0 Å². The second kappa shape index (κ2) is 5.86. The molecule has 1 fully saturated rings. The van der Waals surface area contributed by atoms with Gasteiger partial charge in [0.05, 0.1) is 0 Å². The topological polar surface area (TPSA) is 32.3 Å². The molecule has 2 heteroatoms. The number of hydrogen-bond donors (Lipinski definition) is 2. The first-order chi connectivity index (χ1) is 7.03. The van der Waals surface area contributed by atoms with Gasteiger partial charge in [-0.2, -0.15) is 0 Å². The van der Waals surface area contributed by atoms with E-state index in [9.17, 15) is 0 Å². The first-order valence-corrected chi connectivity index (χ1v) is 6.35. The zero-order chi connectivity index (χ0) is 11.3. The predicted molar refractivity (Wildman–Crippen MR) is 64.9 cm³/mol. The molecule has 0 saturated heterocycles. The fourth-order valence-corrected chi connectivity index (χ4v) is 2.42. The van der Waals surface area contributed by atoms with Gasteiger partial charge in [-0.25, -0.2) is 0 Å². The lowest BCUT2D eigenvalue weighted by Gasteiger charge is -2.29. The first kappa shape index (κ1) is 13.0. The Hall–Kier alpha value is -0.0800. The molecule has 2 unspecified atom stereocenters. The number of rotatable bonds is 5. The molecule has 1 rings (SSSR count). The fraction of sp³-hybridized carbons (Fsp3) is 1.00. The molecule has 2 nitrogen and oxygen atoms in total. The highest BCUT2D eigenvalue weighted by Crippen LogP contribution is 2.28. The second-order valence-corrected chi connectivity index (χ2v) is 6.09. The lowest BCUT2D eigenvalue weighted by Crippen LogP contribution is -2.36. The summed E-state index contributed by atoms with van der Waals surface area (Å²) >= 11 is 0. The van der Waals surface area contributed by atoms with Gasteiger partial charge in [0.1, 0.15) is 0 Å². The van der Waals surface area contributed by atoms with E-state index in [4.69, 9.17) is 5.11 Å². The van der Waals surface area contributed by atoms with Crippen LogP contribution in [-0.4, -0.2) is 24.8 Å². The summed E-state index contributed by atoms with van der Waals surface area (Å²) in [6.45, 7) is 8.89. The van der Waals surface area contributed by atoms with Gasteiger partial charge >= 0.3 is 0 Å². The molecule has 1 aliphatic rings. The highest BCUT2D eigenvalue weighted by molar-refractivity contribution is 4.75. The van der Waals surface area contributed by atoms with Crippen LogP contribution in [0.3, 0.4) is 0 Å². The number of aliphatic hydroxyl groups is 1. The molecule has 0 aromatic carbocycles. The highest BCUT2D eigenvalue weighted by atomic mass is 16.3. The zero-order valence-electron chi connectivity index (χ0n) is 10.6. The molecule has 0 aromatic rings. The third-order valence-electron chi connectivity index (χ3n) is 3.51. The maximum Gasteiger partial charge on any atom is 0.0494 e. The maximum absolute atomic E-state index is 9.13. The van der Waals surface area contributed by atoms with Crippen LogP contribution in [0.4, 0.5) is 0 Å². The average molecular weight is 213 g/mol. The monoisotopic (exact) mass is 213 g/mol. The Morgan fingerprint density at radius 2 is 2.07 bits per heavy atom. The minimum absolute atomic E-state index is 0.0281. The van der Waals surface area contributed by atoms with Crippen molar-refractivity contribution in [2.45, 2.75) is 46.5 Å². The summed E-state index contributed by atoms with van der Waals surface area (Å²) in [6, 6.07) is 0. The first-order valence-electron chi connectivity index (χ1n) is 6.35. The Bertz CT molecular complexity index is 179. The van der Waals surface area contributed by atoms with Crippen LogP contribution in [-0.2, 0) is 0 Å². The van der Waals surface area contributed by atoms with Crippen molar-refractivity contribution in [1.29, 1.82) is 0 Å². The molecule has 0 radical (unpaired) electrons. The number of nitrogens with one attached hydrogen (secondary N) is 1. The summed E-state index contributed by atoms with van der Waals surface area (Å²) in [6.07, 6.45) is 5.58. The molecule has 2 atom stereocenters. The van der Waals surface area contributed by atoms with Crippen molar-refractivity contribution in [3.8, 4) is 0 Å². The lowest BCUT2D eigenvalue weighted by atomic mass is 9.82. The molecule has 0 amide bonds. The Balaban J connectivity index is 2.14. The van der Waals surface area contributed by atoms with E-state index < -0.39 is 0 Å². The molecule has 1 aliphatic carbocycles. The van der Waals surface area contributed by atoms with Gasteiger partial charge in [0, 0.05) is 18.6 Å². The van der Waals surface area contributed by atoms with Crippen LogP contribution >= 0.6 is 0 Å². The Morgan fingerprint density at radius 3 is 2.67 bits per heavy atom. The van der Waals surface area contributed by atoms with Gasteiger partial charge in [-0.3, -0.25) is 0 Å². The van der Waals surface area contributed by atoms with E-state index >= 15 is 0 Å². The molecule has 1 saturated carbocycles. The van der Waals surface area contributed by atoms with Crippen molar-refractivity contribution in [3.63, 3.8) is 0 Å². The third kappa shape index (κ3) is 4.98. The molecule has 0 spiro atoms. The van der Waals surface area contributed by atoms with Crippen LogP contribution in [0, 0.1) is 17.3 Å². The van der Waals surface area contributed by atoms with Gasteiger partial charge in [-0.1, -0.05) is 33.6 Å². The minimum atomic E-state index is 0.0281. The van der Waals surface area contributed by atoms with Gasteiger partial charge in [0.2, 0.25) is 0 Å². The molecule has 0 bridgehead atoms. The molecule has 0 aliphatic heterocycles. The van der Waals surface area contributed by atoms with E-state index in [-0.39, 0.29) is 12.0 Å². The van der Waals surface area contributed by atoms with Crippen LogP contribution in [0.1, 0.15) is 46.5 Å². The number of hydrogen-bond acceptors (Lipinski definition) is 2. The molecule has 90 valence electrons. The van der Waals surface area contributed by atoms with Gasteiger partial charge in [-0.05, 0) is 31.2 Å². The molecule has 0 heterocycles. The lowest BCUT2D eigenvalue weighted by molar-refractivity contribution is 0.153. The van der Waals surface area contributed by atoms with Crippen molar-refractivity contribution < 1.29 is 5.11 Å². The van der Waals surface area contributed by atoms with Crippen molar-refractivity contribution >= 4 is 0 Å². The van der Waals surface area contributed by atoms with Gasteiger partial charge < -0.3 is 10.4 Å². The summed E-state index contributed by atoms with van der Waals surface area (Å²) < 4.78 is 0. The Morgan fingerprint density at radius 1 is 1.33 bits per heavy atom. The smallest absolute Gasteiger partial charge is 0.0494 e. The summed E-state index contributed by atoms with van der Waals surface area (Å²) in [5.74, 6) is 1.78. The zero-order valence-corrected chi connectivity index (χ0v) is 10.6. The summed E-state index contributed by atoms with van der Waals surface area (Å²) in [4.78, 5) is 0. The predicted octanol–water partition coefficient (Wildman–Crippen LogP) is 2.42. The van der Waals surface area contributed by atoms with Crippen LogP contribution < -0.4 is 5.32 Å². The van der Waals surface area contributed by atoms with E-state index in [2.05, 4.69) is 26.1 Å². The van der Waals surface area contributed by atoms with Crippen LogP contribution in [0.5, 0.6) is 0 Å². The van der Waals surface area contributed by atoms with Gasteiger partial charge in [0.25, 0.3) is 0 Å². The third-order valence-corrected chi connectivity index (χ3v) is 3.51. The SMILES string of the molecule is CC1CCCC(CNCC(C)(C)CO)C1. The Kier molecular flexibility index (Phi) is 5.07. The summed E-state index contributed by atoms with van der Waals surface area (Å²) in [7, 11) is 0. The van der Waals surface area contributed by atoms with Gasteiger partial charge in [-0.15, -0.1) is 0 Å². The van der Waals surface area contributed by atoms with E-state index in [1.54, 1.807) is 0 Å². The van der Waals surface area contributed by atoms with E-state index in [1.807, 2.05) is 0 Å². The van der Waals surface area contributed by atoms with Crippen LogP contribution in [0.25, 0.3) is 0 Å². The molecular weight excluding hydrogens is 186 g/mol. The fourth-order valence-electron chi connectivity index (χ4n) is 2.42. The minimum Gasteiger partial charge on any atom is -0.396 e. The highest BCUT2D eigenvalue weighted by Gasteiger charge is 2.20. The van der Waals surface area contributed by atoms with E-state index in [0.29, 0.717) is 0 Å². The second-order valence-electron chi connectivity index (χ2n) is 6.09. The molecule has 15 heavy (non-hydrogen) atoms. The van der Waals surface area contributed by atoms with E-state index in [1.165, 1.54) is 25.7 Å². The average Bonchev–Trinajstić information content (AvgIpc) is 2.18.